The molecule has 1 N–H and O–H groups in total. The Hall–Kier alpha value is -1.96. The number of aromatic nitrogens is 2. The summed E-state index contributed by atoms with van der Waals surface area (Å²) in [6.07, 6.45) is 8.19. The molecule has 0 bridgehead atoms. The molecule has 0 saturated carbocycles. The van der Waals surface area contributed by atoms with Crippen LogP contribution in [0.25, 0.3) is 11.0 Å². The molecule has 2 aromatic heterocycles. The Balaban J connectivity index is 1.35. The monoisotopic (exact) mass is 495 g/mol. The van der Waals surface area contributed by atoms with Crippen LogP contribution in [0.15, 0.2) is 6.07 Å². The summed E-state index contributed by atoms with van der Waals surface area (Å²) >= 11 is 0. The molecule has 7 nitrogen and oxygen atoms in total. The van der Waals surface area contributed by atoms with Gasteiger partial charge in [-0.2, -0.15) is 0 Å². The second-order valence-electron chi connectivity index (χ2n) is 11.4. The second kappa shape index (κ2) is 11.6. The van der Waals surface area contributed by atoms with Gasteiger partial charge in [-0.15, -0.1) is 0 Å². The van der Waals surface area contributed by atoms with E-state index in [-0.39, 0.29) is 0 Å². The van der Waals surface area contributed by atoms with E-state index in [2.05, 4.69) is 42.0 Å². The number of aryl methyl sites for hydroxylation is 1. The minimum atomic E-state index is 0.473. The summed E-state index contributed by atoms with van der Waals surface area (Å²) in [7, 11) is 1.71. The number of pyridine rings is 2. The van der Waals surface area contributed by atoms with Crippen molar-refractivity contribution >= 4 is 16.7 Å². The summed E-state index contributed by atoms with van der Waals surface area (Å²) in [5.41, 5.74) is 6.72. The fourth-order valence-corrected chi connectivity index (χ4v) is 6.17. The largest absolute Gasteiger partial charge is 0.481 e. The number of hydrogen-bond donors (Lipinski definition) is 1. The van der Waals surface area contributed by atoms with E-state index >= 15 is 0 Å². The van der Waals surface area contributed by atoms with E-state index in [0.717, 1.165) is 74.4 Å². The topological polar surface area (TPSA) is 62.8 Å². The van der Waals surface area contributed by atoms with E-state index in [1.165, 1.54) is 49.3 Å². The molecule has 1 atom stereocenters. The van der Waals surface area contributed by atoms with Gasteiger partial charge in [0, 0.05) is 49.5 Å². The van der Waals surface area contributed by atoms with Crippen LogP contribution >= 0.6 is 0 Å². The van der Waals surface area contributed by atoms with Gasteiger partial charge in [-0.3, -0.25) is 4.98 Å². The zero-order valence-electron chi connectivity index (χ0n) is 22.8. The molecule has 1 unspecified atom stereocenters. The van der Waals surface area contributed by atoms with Crippen molar-refractivity contribution < 1.29 is 9.47 Å². The molecular formula is C29H45N5O2. The highest BCUT2D eigenvalue weighted by molar-refractivity contribution is 5.91. The molecule has 0 amide bonds. The van der Waals surface area contributed by atoms with E-state index in [1.807, 2.05) is 0 Å². The van der Waals surface area contributed by atoms with E-state index in [4.69, 9.17) is 19.4 Å². The van der Waals surface area contributed by atoms with Crippen molar-refractivity contribution in [2.75, 3.05) is 51.8 Å². The minimum absolute atomic E-state index is 0.473. The van der Waals surface area contributed by atoms with Gasteiger partial charge in [0.1, 0.15) is 5.52 Å². The molecule has 4 heterocycles. The van der Waals surface area contributed by atoms with Crippen LogP contribution in [0.2, 0.25) is 0 Å². The molecule has 198 valence electrons. The molecule has 5 rings (SSSR count). The number of likely N-dealkylation sites (tertiary alicyclic amines) is 2. The molecule has 2 fully saturated rings. The van der Waals surface area contributed by atoms with Crippen LogP contribution in [0.3, 0.4) is 0 Å². The van der Waals surface area contributed by atoms with Crippen LogP contribution in [-0.4, -0.2) is 78.3 Å². The van der Waals surface area contributed by atoms with E-state index in [0.29, 0.717) is 24.6 Å². The molecule has 0 aromatic carbocycles. The predicted molar refractivity (Wildman–Crippen MR) is 146 cm³/mol. The van der Waals surface area contributed by atoms with Gasteiger partial charge >= 0.3 is 0 Å². The van der Waals surface area contributed by atoms with Gasteiger partial charge in [-0.05, 0) is 82.9 Å². The molecule has 2 saturated heterocycles. The number of ether oxygens (including phenoxy) is 2. The molecule has 0 radical (unpaired) electrons. The molecule has 36 heavy (non-hydrogen) atoms. The lowest BCUT2D eigenvalue weighted by Crippen LogP contribution is -2.42. The lowest BCUT2D eigenvalue weighted by Gasteiger charge is -2.36. The number of hydrogen-bond acceptors (Lipinski definition) is 7. The van der Waals surface area contributed by atoms with Crippen LogP contribution in [0.1, 0.15) is 69.7 Å². The highest BCUT2D eigenvalue weighted by atomic mass is 16.5. The van der Waals surface area contributed by atoms with Gasteiger partial charge in [0.05, 0.1) is 31.5 Å². The maximum atomic E-state index is 6.09. The zero-order chi connectivity index (χ0) is 25.1. The summed E-state index contributed by atoms with van der Waals surface area (Å²) in [6, 6.07) is 3.24. The quantitative estimate of drug-likeness (QED) is 0.508. The number of nitrogens with zero attached hydrogens (tertiary/aromatic N) is 4. The first-order valence-corrected chi connectivity index (χ1v) is 14.2. The van der Waals surface area contributed by atoms with Gasteiger partial charge < -0.3 is 24.6 Å². The minimum Gasteiger partial charge on any atom is -0.481 e. The predicted octanol–water partition coefficient (Wildman–Crippen LogP) is 4.66. The number of piperidine rings is 1. The first kappa shape index (κ1) is 25.7. The smallest absolute Gasteiger partial charge is 0.219 e. The van der Waals surface area contributed by atoms with Crippen molar-refractivity contribution in [3.63, 3.8) is 0 Å². The zero-order valence-corrected chi connectivity index (χ0v) is 22.8. The Morgan fingerprint density at radius 3 is 2.61 bits per heavy atom. The highest BCUT2D eigenvalue weighted by Gasteiger charge is 2.26. The summed E-state index contributed by atoms with van der Waals surface area (Å²) in [6.45, 7) is 13.8. The number of methoxy groups -OCH3 is 1. The standard InChI is InChI=1S/C29H45N5O2/c1-20(2)34-13-10-23(11-14-34)30-27-24-7-5-6-8-25(24)31-26-17-22(29(35-4)32-28(26)27)19-36-16-15-33-12-9-21(3)18-33/h17,20-21,23H,5-16,18-19H2,1-4H3,(H,30,31). The van der Waals surface area contributed by atoms with Crippen LogP contribution in [-0.2, 0) is 24.2 Å². The van der Waals surface area contributed by atoms with Crippen molar-refractivity contribution in [3.8, 4) is 5.88 Å². The molecule has 7 heteroatoms. The van der Waals surface area contributed by atoms with Crippen molar-refractivity contribution in [1.29, 1.82) is 0 Å². The number of anilines is 1. The summed E-state index contributed by atoms with van der Waals surface area (Å²) < 4.78 is 11.9. The third-order valence-corrected chi connectivity index (χ3v) is 8.39. The molecule has 2 aromatic rings. The van der Waals surface area contributed by atoms with Crippen molar-refractivity contribution in [2.24, 2.45) is 5.92 Å². The first-order valence-electron chi connectivity index (χ1n) is 14.2. The summed E-state index contributed by atoms with van der Waals surface area (Å²) in [5, 5.41) is 3.95. The molecule has 2 aliphatic heterocycles. The summed E-state index contributed by atoms with van der Waals surface area (Å²) in [4.78, 5) is 15.2. The Morgan fingerprint density at radius 1 is 1.08 bits per heavy atom. The van der Waals surface area contributed by atoms with Gasteiger partial charge in [0.2, 0.25) is 5.88 Å². The van der Waals surface area contributed by atoms with Gasteiger partial charge in [-0.1, -0.05) is 6.92 Å². The van der Waals surface area contributed by atoms with Crippen LogP contribution in [0.5, 0.6) is 5.88 Å². The van der Waals surface area contributed by atoms with Crippen molar-refractivity contribution in [2.45, 2.75) is 84.4 Å². The lowest BCUT2D eigenvalue weighted by atomic mass is 9.92. The second-order valence-corrected chi connectivity index (χ2v) is 11.4. The lowest BCUT2D eigenvalue weighted by molar-refractivity contribution is 0.0967. The highest BCUT2D eigenvalue weighted by Crippen LogP contribution is 2.36. The number of rotatable bonds is 9. The number of nitrogens with one attached hydrogen (secondary N) is 1. The average Bonchev–Trinajstić information content (AvgIpc) is 3.31. The molecule has 0 spiro atoms. The first-order chi connectivity index (χ1) is 17.5. The van der Waals surface area contributed by atoms with E-state index in [1.54, 1.807) is 7.11 Å². The molecule has 3 aliphatic rings. The fraction of sp³-hybridized carbons (Fsp3) is 0.724. The Kier molecular flexibility index (Phi) is 8.28. The average molecular weight is 496 g/mol. The van der Waals surface area contributed by atoms with E-state index < -0.39 is 0 Å². The van der Waals surface area contributed by atoms with Crippen molar-refractivity contribution in [3.05, 3.63) is 22.9 Å². The van der Waals surface area contributed by atoms with Crippen LogP contribution in [0.4, 0.5) is 5.69 Å². The Bertz CT molecular complexity index is 1030. The normalized spacial score (nSPS) is 21.9. The summed E-state index contributed by atoms with van der Waals surface area (Å²) in [5.74, 6) is 1.46. The van der Waals surface area contributed by atoms with Crippen molar-refractivity contribution in [1.82, 2.24) is 19.8 Å². The van der Waals surface area contributed by atoms with Crippen LogP contribution < -0.4 is 10.1 Å². The van der Waals surface area contributed by atoms with Crippen LogP contribution in [0, 0.1) is 5.92 Å². The van der Waals surface area contributed by atoms with Gasteiger partial charge in [0.15, 0.2) is 0 Å². The SMILES string of the molecule is COc1nc2c(NC3CCN(C(C)C)CC3)c3c(nc2cc1COCCN1CCC(C)C1)CCCC3. The maximum absolute atomic E-state index is 6.09. The third kappa shape index (κ3) is 5.79. The van der Waals surface area contributed by atoms with E-state index in [9.17, 15) is 0 Å². The molecule has 1 aliphatic carbocycles. The van der Waals surface area contributed by atoms with Gasteiger partial charge in [0.25, 0.3) is 0 Å². The Labute approximate surface area is 216 Å². The van der Waals surface area contributed by atoms with Gasteiger partial charge in [-0.25, -0.2) is 4.98 Å². The Morgan fingerprint density at radius 2 is 1.89 bits per heavy atom. The maximum Gasteiger partial charge on any atom is 0.219 e. The third-order valence-electron chi connectivity index (χ3n) is 8.39. The number of fused-ring (bicyclic) bond motifs is 2. The fourth-order valence-electron chi connectivity index (χ4n) is 6.17. The molecular weight excluding hydrogens is 450 g/mol.